The molecule has 0 aliphatic heterocycles. The molecule has 1 aromatic rings. The highest BCUT2D eigenvalue weighted by molar-refractivity contribution is 8.00. The molecule has 0 aromatic carbocycles. The van der Waals surface area contributed by atoms with Crippen molar-refractivity contribution in [2.45, 2.75) is 24.6 Å². The van der Waals surface area contributed by atoms with Crippen molar-refractivity contribution >= 4 is 35.9 Å². The summed E-state index contributed by atoms with van der Waals surface area (Å²) in [6.45, 7) is 4.27. The number of thioether (sulfide) groups is 1. The first-order valence-corrected chi connectivity index (χ1v) is 6.71. The molecular weight excluding hydrogens is 220 g/mol. The average Bonchev–Trinajstić information content (AvgIpc) is 2.61. The molecule has 0 bridgehead atoms. The molecular formula is C8H14N2S3. The molecule has 74 valence electrons. The summed E-state index contributed by atoms with van der Waals surface area (Å²) in [7, 11) is 0. The van der Waals surface area contributed by atoms with Crippen LogP contribution in [-0.2, 0) is 6.42 Å². The molecule has 1 atom stereocenters. The summed E-state index contributed by atoms with van der Waals surface area (Å²) in [5.41, 5.74) is 0. The smallest absolute Gasteiger partial charge is 0.170 e. The van der Waals surface area contributed by atoms with Gasteiger partial charge in [0.15, 0.2) is 4.34 Å². The summed E-state index contributed by atoms with van der Waals surface area (Å²) in [6.07, 6.45) is 0.930. The van der Waals surface area contributed by atoms with Gasteiger partial charge in [0.05, 0.1) is 0 Å². The maximum atomic E-state index is 4.38. The summed E-state index contributed by atoms with van der Waals surface area (Å²) in [6, 6.07) is 0. The van der Waals surface area contributed by atoms with Crippen LogP contribution in [0.15, 0.2) is 4.34 Å². The third-order valence-corrected chi connectivity index (χ3v) is 4.39. The lowest BCUT2D eigenvalue weighted by atomic mass is 10.3. The summed E-state index contributed by atoms with van der Waals surface area (Å²) in [4.78, 5) is 4.38. The molecule has 0 radical (unpaired) electrons. The summed E-state index contributed by atoms with van der Waals surface area (Å²) in [5, 5.41) is 0. The van der Waals surface area contributed by atoms with E-state index in [2.05, 4.69) is 35.8 Å². The van der Waals surface area contributed by atoms with E-state index < -0.39 is 0 Å². The van der Waals surface area contributed by atoms with Crippen molar-refractivity contribution in [1.29, 1.82) is 0 Å². The van der Waals surface area contributed by atoms with Crippen LogP contribution < -0.4 is 0 Å². The van der Waals surface area contributed by atoms with Crippen molar-refractivity contribution in [3.05, 3.63) is 5.82 Å². The largest absolute Gasteiger partial charge is 0.213 e. The van der Waals surface area contributed by atoms with Gasteiger partial charge in [0.2, 0.25) is 0 Å². The predicted molar refractivity (Wildman–Crippen MR) is 63.0 cm³/mol. The Labute approximate surface area is 93.1 Å². The maximum absolute atomic E-state index is 4.38. The van der Waals surface area contributed by atoms with E-state index in [0.717, 1.165) is 28.1 Å². The van der Waals surface area contributed by atoms with Crippen molar-refractivity contribution in [3.63, 3.8) is 0 Å². The summed E-state index contributed by atoms with van der Waals surface area (Å²) < 4.78 is 5.32. The van der Waals surface area contributed by atoms with Crippen molar-refractivity contribution < 1.29 is 0 Å². The lowest BCUT2D eigenvalue weighted by molar-refractivity contribution is 0.766. The SMILES string of the molecule is CCc1nsc(SCC(C)CS)n1. The van der Waals surface area contributed by atoms with Crippen LogP contribution in [0.4, 0.5) is 0 Å². The highest BCUT2D eigenvalue weighted by atomic mass is 32.2. The number of nitrogens with zero attached hydrogens (tertiary/aromatic N) is 2. The van der Waals surface area contributed by atoms with Gasteiger partial charge in [-0.05, 0) is 23.2 Å². The monoisotopic (exact) mass is 234 g/mol. The van der Waals surface area contributed by atoms with E-state index in [0.29, 0.717) is 5.92 Å². The molecule has 1 heterocycles. The van der Waals surface area contributed by atoms with Crippen LogP contribution in [-0.4, -0.2) is 20.9 Å². The molecule has 0 fully saturated rings. The van der Waals surface area contributed by atoms with E-state index in [1.807, 2.05) is 0 Å². The van der Waals surface area contributed by atoms with Gasteiger partial charge >= 0.3 is 0 Å². The minimum Gasteiger partial charge on any atom is -0.213 e. The van der Waals surface area contributed by atoms with Crippen LogP contribution >= 0.6 is 35.9 Å². The Morgan fingerprint density at radius 1 is 1.62 bits per heavy atom. The first-order chi connectivity index (χ1) is 6.26. The minimum absolute atomic E-state index is 0.641. The van der Waals surface area contributed by atoms with Gasteiger partial charge in [0.25, 0.3) is 0 Å². The number of thiol groups is 1. The molecule has 1 unspecified atom stereocenters. The molecule has 0 aliphatic rings. The molecule has 13 heavy (non-hydrogen) atoms. The Morgan fingerprint density at radius 2 is 2.38 bits per heavy atom. The minimum atomic E-state index is 0.641. The van der Waals surface area contributed by atoms with Gasteiger partial charge in [0.1, 0.15) is 5.82 Å². The van der Waals surface area contributed by atoms with Gasteiger partial charge in [0, 0.05) is 12.2 Å². The zero-order chi connectivity index (χ0) is 9.68. The molecule has 5 heteroatoms. The topological polar surface area (TPSA) is 25.8 Å². The fourth-order valence-electron chi connectivity index (χ4n) is 0.706. The Morgan fingerprint density at radius 3 is 2.92 bits per heavy atom. The van der Waals surface area contributed by atoms with Crippen LogP contribution in [0.25, 0.3) is 0 Å². The van der Waals surface area contributed by atoms with Crippen LogP contribution in [0.1, 0.15) is 19.7 Å². The predicted octanol–water partition coefficient (Wildman–Crippen LogP) is 2.76. The summed E-state index contributed by atoms with van der Waals surface area (Å²) >= 11 is 7.53. The molecule has 0 saturated carbocycles. The van der Waals surface area contributed by atoms with Gasteiger partial charge in [-0.2, -0.15) is 17.0 Å². The Hall–Kier alpha value is 0.260. The van der Waals surface area contributed by atoms with E-state index in [1.165, 1.54) is 11.5 Å². The van der Waals surface area contributed by atoms with Gasteiger partial charge in [-0.25, -0.2) is 4.98 Å². The molecule has 0 amide bonds. The standard InChI is InChI=1S/C8H14N2S3/c1-3-7-9-8(13-10-7)12-5-6(2)4-11/h6,11H,3-5H2,1-2H3. The summed E-state index contributed by atoms with van der Waals surface area (Å²) in [5.74, 6) is 3.63. The van der Waals surface area contributed by atoms with E-state index in [1.54, 1.807) is 11.8 Å². The number of rotatable bonds is 5. The molecule has 0 N–H and O–H groups in total. The third kappa shape index (κ3) is 3.87. The second-order valence-electron chi connectivity index (χ2n) is 2.93. The quantitative estimate of drug-likeness (QED) is 0.626. The fourth-order valence-corrected chi connectivity index (χ4v) is 2.75. The number of hydrogen-bond donors (Lipinski definition) is 1. The van der Waals surface area contributed by atoms with Crippen molar-refractivity contribution in [2.24, 2.45) is 5.92 Å². The first kappa shape index (κ1) is 11.3. The lowest BCUT2D eigenvalue weighted by Crippen LogP contribution is -1.98. The number of aryl methyl sites for hydroxylation is 1. The van der Waals surface area contributed by atoms with Crippen LogP contribution in [0.5, 0.6) is 0 Å². The fraction of sp³-hybridized carbons (Fsp3) is 0.750. The van der Waals surface area contributed by atoms with Gasteiger partial charge in [-0.3, -0.25) is 0 Å². The van der Waals surface area contributed by atoms with E-state index >= 15 is 0 Å². The van der Waals surface area contributed by atoms with Gasteiger partial charge in [-0.1, -0.05) is 25.6 Å². The van der Waals surface area contributed by atoms with Gasteiger partial charge in [-0.15, -0.1) is 0 Å². The second-order valence-corrected chi connectivity index (χ2v) is 5.31. The normalized spacial score (nSPS) is 13.2. The van der Waals surface area contributed by atoms with Crippen molar-refractivity contribution in [1.82, 2.24) is 9.36 Å². The molecule has 1 aromatic heterocycles. The highest BCUT2D eigenvalue weighted by Gasteiger charge is 2.05. The first-order valence-electron chi connectivity index (χ1n) is 4.32. The molecule has 0 spiro atoms. The Balaban J connectivity index is 2.36. The Bertz CT molecular complexity index is 249. The molecule has 1 rings (SSSR count). The molecule has 2 nitrogen and oxygen atoms in total. The van der Waals surface area contributed by atoms with E-state index in [9.17, 15) is 0 Å². The Kier molecular flexibility index (Phi) is 5.13. The molecule has 0 aliphatic carbocycles. The van der Waals surface area contributed by atoms with Crippen LogP contribution in [0.3, 0.4) is 0 Å². The maximum Gasteiger partial charge on any atom is 0.170 e. The van der Waals surface area contributed by atoms with E-state index in [-0.39, 0.29) is 0 Å². The second kappa shape index (κ2) is 5.88. The lowest BCUT2D eigenvalue weighted by Gasteiger charge is -2.03. The molecule has 0 saturated heterocycles. The zero-order valence-electron chi connectivity index (χ0n) is 7.86. The van der Waals surface area contributed by atoms with Crippen molar-refractivity contribution in [2.75, 3.05) is 11.5 Å². The number of hydrogen-bond acceptors (Lipinski definition) is 5. The highest BCUT2D eigenvalue weighted by Crippen LogP contribution is 2.22. The third-order valence-electron chi connectivity index (χ3n) is 1.57. The van der Waals surface area contributed by atoms with Crippen molar-refractivity contribution in [3.8, 4) is 0 Å². The van der Waals surface area contributed by atoms with Crippen LogP contribution in [0.2, 0.25) is 0 Å². The van der Waals surface area contributed by atoms with Gasteiger partial charge < -0.3 is 0 Å². The van der Waals surface area contributed by atoms with Crippen LogP contribution in [0, 0.1) is 5.92 Å². The zero-order valence-corrected chi connectivity index (χ0v) is 10.4. The number of aromatic nitrogens is 2. The average molecular weight is 234 g/mol. The van der Waals surface area contributed by atoms with E-state index in [4.69, 9.17) is 0 Å².